The Balaban J connectivity index is 1.57. The number of nitrogens with zero attached hydrogens (tertiary/aromatic N) is 2. The topological polar surface area (TPSA) is 62.7 Å². The van der Waals surface area contributed by atoms with Crippen LogP contribution < -0.4 is 9.64 Å². The molecule has 0 bridgehead atoms. The molecule has 0 unspecified atom stereocenters. The molecule has 2 heterocycles. The third kappa shape index (κ3) is 2.41. The quantitative estimate of drug-likeness (QED) is 0.902. The average Bonchev–Trinajstić information content (AvgIpc) is 3.23. The van der Waals surface area contributed by atoms with Crippen molar-refractivity contribution in [3.63, 3.8) is 0 Å². The lowest BCUT2D eigenvalue weighted by Gasteiger charge is -2.45. The van der Waals surface area contributed by atoms with Gasteiger partial charge in [0.1, 0.15) is 11.6 Å². The molecule has 1 amide bonds. The van der Waals surface area contributed by atoms with Gasteiger partial charge in [0.05, 0.1) is 23.8 Å². The van der Waals surface area contributed by atoms with Gasteiger partial charge in [-0.2, -0.15) is 0 Å². The van der Waals surface area contributed by atoms with Gasteiger partial charge in [0.2, 0.25) is 5.91 Å². The molecule has 5 heteroatoms. The number of ether oxygens (including phenoxy) is 1. The van der Waals surface area contributed by atoms with E-state index in [9.17, 15) is 9.90 Å². The fraction of sp³-hybridized carbons (Fsp3) is 0.684. The average molecular weight is 330 g/mol. The zero-order chi connectivity index (χ0) is 17.1. The van der Waals surface area contributed by atoms with Crippen LogP contribution in [0.1, 0.15) is 58.4 Å². The predicted octanol–water partition coefficient (Wildman–Crippen LogP) is 2.80. The Labute approximate surface area is 143 Å². The minimum Gasteiger partial charge on any atom is -0.492 e. The Morgan fingerprint density at radius 2 is 2.12 bits per heavy atom. The molecule has 1 aromatic heterocycles. The van der Waals surface area contributed by atoms with Crippen LogP contribution in [0.2, 0.25) is 0 Å². The van der Waals surface area contributed by atoms with E-state index in [1.807, 2.05) is 17.9 Å². The summed E-state index contributed by atoms with van der Waals surface area (Å²) >= 11 is 0. The van der Waals surface area contributed by atoms with Gasteiger partial charge in [0, 0.05) is 11.6 Å². The SMILES string of the molecule is CC(C)CCOc1cnc2c(c1)C1(CC1)C(=O)N2[C@H]1C[C@@](C)(O)C1. The maximum Gasteiger partial charge on any atom is 0.239 e. The number of anilines is 1. The maximum absolute atomic E-state index is 13.0. The first-order valence-corrected chi connectivity index (χ1v) is 9.02. The molecule has 5 nitrogen and oxygen atoms in total. The zero-order valence-electron chi connectivity index (χ0n) is 14.7. The van der Waals surface area contributed by atoms with E-state index in [0.29, 0.717) is 25.4 Å². The van der Waals surface area contributed by atoms with Gasteiger partial charge < -0.3 is 9.84 Å². The van der Waals surface area contributed by atoms with Gasteiger partial charge in [0.25, 0.3) is 0 Å². The molecule has 4 rings (SSSR count). The lowest BCUT2D eigenvalue weighted by molar-refractivity contribution is -0.122. The summed E-state index contributed by atoms with van der Waals surface area (Å²) in [6, 6.07) is 2.09. The largest absolute Gasteiger partial charge is 0.492 e. The number of hydrogen-bond donors (Lipinski definition) is 1. The summed E-state index contributed by atoms with van der Waals surface area (Å²) in [5.41, 5.74) is 0.0204. The number of amides is 1. The van der Waals surface area contributed by atoms with Crippen LogP contribution in [-0.4, -0.2) is 34.2 Å². The fourth-order valence-corrected chi connectivity index (χ4v) is 4.00. The summed E-state index contributed by atoms with van der Waals surface area (Å²) in [4.78, 5) is 19.4. The van der Waals surface area contributed by atoms with Crippen molar-refractivity contribution in [2.45, 2.75) is 69.9 Å². The normalized spacial score (nSPS) is 29.8. The van der Waals surface area contributed by atoms with Gasteiger partial charge in [-0.15, -0.1) is 0 Å². The van der Waals surface area contributed by atoms with E-state index >= 15 is 0 Å². The summed E-state index contributed by atoms with van der Waals surface area (Å²) in [5.74, 6) is 2.32. The molecule has 1 aromatic rings. The van der Waals surface area contributed by atoms with Crippen LogP contribution >= 0.6 is 0 Å². The maximum atomic E-state index is 13.0. The minimum atomic E-state index is -0.649. The van der Waals surface area contributed by atoms with Crippen LogP contribution in [0.5, 0.6) is 5.75 Å². The van der Waals surface area contributed by atoms with Gasteiger partial charge >= 0.3 is 0 Å². The Kier molecular flexibility index (Phi) is 3.43. The van der Waals surface area contributed by atoms with E-state index in [4.69, 9.17) is 4.74 Å². The number of aliphatic hydroxyl groups is 1. The minimum absolute atomic E-state index is 0.0754. The van der Waals surface area contributed by atoms with Gasteiger partial charge in [-0.1, -0.05) is 13.8 Å². The van der Waals surface area contributed by atoms with Crippen LogP contribution in [-0.2, 0) is 10.2 Å². The van der Waals surface area contributed by atoms with Crippen molar-refractivity contribution in [1.82, 2.24) is 4.98 Å². The highest BCUT2D eigenvalue weighted by Crippen LogP contribution is 2.59. The number of carbonyl (C=O) groups is 1. The van der Waals surface area contributed by atoms with Crippen molar-refractivity contribution < 1.29 is 14.6 Å². The van der Waals surface area contributed by atoms with E-state index in [1.54, 1.807) is 6.20 Å². The predicted molar refractivity (Wildman–Crippen MR) is 91.2 cm³/mol. The van der Waals surface area contributed by atoms with Gasteiger partial charge in [0.15, 0.2) is 0 Å². The Morgan fingerprint density at radius 3 is 2.71 bits per heavy atom. The second-order valence-corrected chi connectivity index (χ2v) is 8.39. The summed E-state index contributed by atoms with van der Waals surface area (Å²) in [7, 11) is 0. The summed E-state index contributed by atoms with van der Waals surface area (Å²) < 4.78 is 5.84. The zero-order valence-corrected chi connectivity index (χ0v) is 14.7. The molecule has 1 spiro atoms. The number of carbonyl (C=O) groups excluding carboxylic acids is 1. The van der Waals surface area contributed by atoms with E-state index < -0.39 is 5.60 Å². The van der Waals surface area contributed by atoms with Crippen LogP contribution in [0.15, 0.2) is 12.3 Å². The second-order valence-electron chi connectivity index (χ2n) is 8.39. The van der Waals surface area contributed by atoms with Crippen LogP contribution in [0.4, 0.5) is 5.82 Å². The molecule has 24 heavy (non-hydrogen) atoms. The number of fused-ring (bicyclic) bond motifs is 2. The second kappa shape index (κ2) is 5.19. The molecule has 2 fully saturated rings. The van der Waals surface area contributed by atoms with E-state index in [1.165, 1.54) is 0 Å². The van der Waals surface area contributed by atoms with Crippen molar-refractivity contribution in [3.8, 4) is 5.75 Å². The molecule has 0 radical (unpaired) electrons. The summed E-state index contributed by atoms with van der Waals surface area (Å²) in [6.07, 6.45) is 5.79. The number of hydrogen-bond acceptors (Lipinski definition) is 4. The van der Waals surface area contributed by atoms with Crippen LogP contribution in [0.25, 0.3) is 0 Å². The van der Waals surface area contributed by atoms with Crippen molar-refractivity contribution in [1.29, 1.82) is 0 Å². The lowest BCUT2D eigenvalue weighted by Crippen LogP contribution is -2.55. The molecule has 0 saturated heterocycles. The highest BCUT2D eigenvalue weighted by Gasteiger charge is 2.62. The first kappa shape index (κ1) is 15.9. The molecule has 2 saturated carbocycles. The smallest absolute Gasteiger partial charge is 0.239 e. The molecule has 1 N–H and O–H groups in total. The van der Waals surface area contributed by atoms with Crippen molar-refractivity contribution in [3.05, 3.63) is 17.8 Å². The van der Waals surface area contributed by atoms with Crippen molar-refractivity contribution >= 4 is 11.7 Å². The number of aromatic nitrogens is 1. The van der Waals surface area contributed by atoms with Crippen molar-refractivity contribution in [2.75, 3.05) is 11.5 Å². The lowest BCUT2D eigenvalue weighted by atomic mass is 9.76. The molecular weight excluding hydrogens is 304 g/mol. The van der Waals surface area contributed by atoms with Crippen LogP contribution in [0.3, 0.4) is 0 Å². The third-order valence-electron chi connectivity index (χ3n) is 5.64. The van der Waals surface area contributed by atoms with Gasteiger partial charge in [-0.3, -0.25) is 9.69 Å². The molecule has 0 atom stereocenters. The Bertz CT molecular complexity index is 671. The molecule has 2 aliphatic carbocycles. The highest BCUT2D eigenvalue weighted by atomic mass is 16.5. The Morgan fingerprint density at radius 1 is 1.42 bits per heavy atom. The summed E-state index contributed by atoms with van der Waals surface area (Å²) in [6.45, 7) is 6.85. The van der Waals surface area contributed by atoms with E-state index in [-0.39, 0.29) is 17.4 Å². The molecular formula is C19H26N2O3. The van der Waals surface area contributed by atoms with E-state index in [0.717, 1.165) is 36.4 Å². The molecule has 0 aromatic carbocycles. The van der Waals surface area contributed by atoms with Gasteiger partial charge in [-0.25, -0.2) is 4.98 Å². The molecule has 1 aliphatic heterocycles. The molecule has 130 valence electrons. The highest BCUT2D eigenvalue weighted by molar-refractivity contribution is 6.09. The monoisotopic (exact) mass is 330 g/mol. The number of rotatable bonds is 5. The standard InChI is InChI=1S/C19H26N2O3/c1-12(2)4-7-24-14-8-15-16(20-11-14)21(13-9-18(3,23)10-13)17(22)19(15)5-6-19/h8,11-13,23H,4-7,9-10H2,1-3H3/t13-,18+. The van der Waals surface area contributed by atoms with Crippen LogP contribution in [0, 0.1) is 5.92 Å². The van der Waals surface area contributed by atoms with Gasteiger partial charge in [-0.05, 0) is 51.0 Å². The van der Waals surface area contributed by atoms with Crippen molar-refractivity contribution in [2.24, 2.45) is 5.92 Å². The first-order chi connectivity index (χ1) is 11.3. The Hall–Kier alpha value is -1.62. The summed E-state index contributed by atoms with van der Waals surface area (Å²) in [5, 5.41) is 10.0. The van der Waals surface area contributed by atoms with E-state index in [2.05, 4.69) is 18.8 Å². The number of pyridine rings is 1. The first-order valence-electron chi connectivity index (χ1n) is 9.02. The fourth-order valence-electron chi connectivity index (χ4n) is 4.00. The third-order valence-corrected chi connectivity index (χ3v) is 5.64. The molecule has 3 aliphatic rings.